The largest absolute Gasteiger partial charge is 0.481 e. The van der Waals surface area contributed by atoms with E-state index >= 15 is 0 Å². The molecule has 1 saturated carbocycles. The number of aliphatic carboxylic acids is 1. The van der Waals surface area contributed by atoms with Gasteiger partial charge >= 0.3 is 5.97 Å². The van der Waals surface area contributed by atoms with E-state index in [-0.39, 0.29) is 5.91 Å². The lowest BCUT2D eigenvalue weighted by Gasteiger charge is -1.96. The molecule has 0 aliphatic heterocycles. The van der Waals surface area contributed by atoms with Crippen molar-refractivity contribution < 1.29 is 14.7 Å². The van der Waals surface area contributed by atoms with Crippen LogP contribution < -0.4 is 5.32 Å². The molecule has 1 aromatic heterocycles. The molecule has 1 aromatic rings. The summed E-state index contributed by atoms with van der Waals surface area (Å²) in [6, 6.07) is 0. The molecule has 1 fully saturated rings. The third-order valence-electron chi connectivity index (χ3n) is 1.97. The average Bonchev–Trinajstić information content (AvgIpc) is 2.80. The van der Waals surface area contributed by atoms with Crippen molar-refractivity contribution in [3.63, 3.8) is 0 Å². The third kappa shape index (κ3) is 1.69. The van der Waals surface area contributed by atoms with Crippen LogP contribution in [0.15, 0.2) is 0 Å². The van der Waals surface area contributed by atoms with Crippen molar-refractivity contribution in [2.75, 3.05) is 5.32 Å². The van der Waals surface area contributed by atoms with Crippen LogP contribution in [0.3, 0.4) is 0 Å². The highest BCUT2D eigenvalue weighted by atomic mass is 32.1. The van der Waals surface area contributed by atoms with Crippen molar-refractivity contribution >= 4 is 28.5 Å². The number of anilines is 1. The van der Waals surface area contributed by atoms with E-state index in [9.17, 15) is 9.59 Å². The molecule has 0 bridgehead atoms. The number of carboxylic acids is 1. The highest BCUT2D eigenvalue weighted by Crippen LogP contribution is 2.39. The molecule has 1 aliphatic rings. The number of amides is 1. The van der Waals surface area contributed by atoms with Gasteiger partial charge in [-0.05, 0) is 11.6 Å². The Bertz CT molecular complexity index is 365. The van der Waals surface area contributed by atoms with Gasteiger partial charge in [-0.25, -0.2) is 0 Å². The lowest BCUT2D eigenvalue weighted by atomic mass is 10.3. The summed E-state index contributed by atoms with van der Waals surface area (Å²) in [6.07, 6.45) is 0.396. The minimum absolute atomic E-state index is 0.297. The number of carbonyl (C=O) groups excluding carboxylic acids is 1. The first kappa shape index (κ1) is 9.00. The highest BCUT2D eigenvalue weighted by molar-refractivity contribution is 7.09. The summed E-state index contributed by atoms with van der Waals surface area (Å²) in [7, 11) is 0. The van der Waals surface area contributed by atoms with Crippen LogP contribution >= 0.6 is 11.5 Å². The molecule has 0 saturated heterocycles. The fraction of sp³-hybridized carbons (Fsp3) is 0.500. The number of hydrogen-bond acceptors (Lipinski definition) is 6. The van der Waals surface area contributed by atoms with E-state index in [1.54, 1.807) is 0 Å². The normalized spacial score (nSPS) is 24.3. The Balaban J connectivity index is 1.90. The lowest BCUT2D eigenvalue weighted by Crippen LogP contribution is -2.16. The third-order valence-corrected chi connectivity index (χ3v) is 2.49. The van der Waals surface area contributed by atoms with E-state index in [2.05, 4.69) is 20.1 Å². The summed E-state index contributed by atoms with van der Waals surface area (Å²) in [5.74, 6) is -2.23. The SMILES string of the molecule is O=C(Nc1nnns1)[C@H]1C[C@H]1C(=O)O. The second-order valence-electron chi connectivity index (χ2n) is 2.94. The summed E-state index contributed by atoms with van der Waals surface area (Å²) in [5.41, 5.74) is 0. The topological polar surface area (TPSA) is 105 Å². The van der Waals surface area contributed by atoms with Crippen LogP contribution in [0.25, 0.3) is 0 Å². The van der Waals surface area contributed by atoms with Crippen LogP contribution in [0.1, 0.15) is 6.42 Å². The molecule has 1 aliphatic carbocycles. The predicted octanol–water partition coefficient (Wildman–Crippen LogP) is -0.408. The van der Waals surface area contributed by atoms with E-state index < -0.39 is 17.8 Å². The predicted molar refractivity (Wildman–Crippen MR) is 45.6 cm³/mol. The molecule has 14 heavy (non-hydrogen) atoms. The molecule has 0 radical (unpaired) electrons. The second kappa shape index (κ2) is 3.29. The van der Waals surface area contributed by atoms with Crippen LogP contribution in [0, 0.1) is 11.8 Å². The Morgan fingerprint density at radius 3 is 2.79 bits per heavy atom. The first-order valence-corrected chi connectivity index (χ1v) is 4.64. The summed E-state index contributed by atoms with van der Waals surface area (Å²) in [5, 5.41) is 18.1. The molecule has 74 valence electrons. The van der Waals surface area contributed by atoms with Gasteiger partial charge in [-0.3, -0.25) is 14.9 Å². The fourth-order valence-electron chi connectivity index (χ4n) is 1.14. The number of carbonyl (C=O) groups is 2. The Hall–Kier alpha value is -1.57. The van der Waals surface area contributed by atoms with Gasteiger partial charge in [0.2, 0.25) is 11.0 Å². The monoisotopic (exact) mass is 214 g/mol. The second-order valence-corrected chi connectivity index (χ2v) is 3.68. The zero-order valence-corrected chi connectivity index (χ0v) is 7.69. The standard InChI is InChI=1S/C6H6N4O3S/c11-4(2-1-3(2)5(12)13)7-6-8-9-10-14-6/h2-3H,1H2,(H,12,13)(H,7,8,10,11)/t2-,3+/m0/s1. The van der Waals surface area contributed by atoms with Crippen molar-refractivity contribution in [1.82, 2.24) is 14.8 Å². The summed E-state index contributed by atoms with van der Waals surface area (Å²) >= 11 is 0.954. The van der Waals surface area contributed by atoms with E-state index in [1.807, 2.05) is 0 Å². The molecule has 8 heteroatoms. The molecular weight excluding hydrogens is 208 g/mol. The number of nitrogens with zero attached hydrogens (tertiary/aromatic N) is 3. The first-order valence-electron chi connectivity index (χ1n) is 3.87. The molecule has 0 spiro atoms. The number of aromatic nitrogens is 3. The van der Waals surface area contributed by atoms with Gasteiger partial charge in [0.15, 0.2) is 0 Å². The smallest absolute Gasteiger partial charge is 0.307 e. The van der Waals surface area contributed by atoms with Crippen molar-refractivity contribution in [2.45, 2.75) is 6.42 Å². The highest BCUT2D eigenvalue weighted by Gasteiger charge is 2.48. The van der Waals surface area contributed by atoms with E-state index in [1.165, 1.54) is 0 Å². The minimum Gasteiger partial charge on any atom is -0.481 e. The Labute approximate surface area is 82.3 Å². The molecule has 2 atom stereocenters. The van der Waals surface area contributed by atoms with Gasteiger partial charge < -0.3 is 5.11 Å². The van der Waals surface area contributed by atoms with Gasteiger partial charge in [-0.1, -0.05) is 9.59 Å². The molecular formula is C6H6N4O3S. The van der Waals surface area contributed by atoms with Crippen molar-refractivity contribution in [3.8, 4) is 0 Å². The molecule has 1 amide bonds. The maximum Gasteiger partial charge on any atom is 0.307 e. The van der Waals surface area contributed by atoms with E-state index in [4.69, 9.17) is 5.11 Å². The Morgan fingerprint density at radius 2 is 2.29 bits per heavy atom. The van der Waals surface area contributed by atoms with Gasteiger partial charge in [0.25, 0.3) is 0 Å². The van der Waals surface area contributed by atoms with E-state index in [0.29, 0.717) is 11.6 Å². The average molecular weight is 214 g/mol. The summed E-state index contributed by atoms with van der Waals surface area (Å²) in [4.78, 5) is 21.8. The van der Waals surface area contributed by atoms with Crippen LogP contribution in [-0.2, 0) is 9.59 Å². The van der Waals surface area contributed by atoms with Crippen molar-refractivity contribution in [2.24, 2.45) is 11.8 Å². The van der Waals surface area contributed by atoms with Crippen LogP contribution in [0.5, 0.6) is 0 Å². The summed E-state index contributed by atoms with van der Waals surface area (Å²) < 4.78 is 3.46. The summed E-state index contributed by atoms with van der Waals surface area (Å²) in [6.45, 7) is 0. The van der Waals surface area contributed by atoms with Crippen molar-refractivity contribution in [1.29, 1.82) is 0 Å². The Kier molecular flexibility index (Phi) is 2.12. The Morgan fingerprint density at radius 1 is 1.50 bits per heavy atom. The van der Waals surface area contributed by atoms with Gasteiger partial charge in [0, 0.05) is 11.5 Å². The van der Waals surface area contributed by atoms with E-state index in [0.717, 1.165) is 11.5 Å². The molecule has 1 heterocycles. The fourth-order valence-corrected chi connectivity index (χ4v) is 1.51. The van der Waals surface area contributed by atoms with Gasteiger partial charge in [-0.2, -0.15) is 0 Å². The number of nitrogens with one attached hydrogen (secondary N) is 1. The lowest BCUT2D eigenvalue weighted by molar-refractivity contribution is -0.139. The van der Waals surface area contributed by atoms with Crippen molar-refractivity contribution in [3.05, 3.63) is 0 Å². The van der Waals surface area contributed by atoms with Crippen LogP contribution in [0.2, 0.25) is 0 Å². The molecule has 7 nitrogen and oxygen atoms in total. The maximum absolute atomic E-state index is 11.3. The van der Waals surface area contributed by atoms with Crippen LogP contribution in [0.4, 0.5) is 5.13 Å². The first-order chi connectivity index (χ1) is 6.68. The van der Waals surface area contributed by atoms with Gasteiger partial charge in [0.1, 0.15) is 0 Å². The molecule has 2 rings (SSSR count). The zero-order chi connectivity index (χ0) is 10.1. The van der Waals surface area contributed by atoms with Gasteiger partial charge in [-0.15, -0.1) is 0 Å². The number of carboxylic acid groups (broad SMARTS) is 1. The maximum atomic E-state index is 11.3. The number of rotatable bonds is 3. The molecule has 0 aromatic carbocycles. The molecule has 2 N–H and O–H groups in total. The van der Waals surface area contributed by atoms with Crippen LogP contribution in [-0.4, -0.2) is 31.8 Å². The quantitative estimate of drug-likeness (QED) is 0.708. The minimum atomic E-state index is -0.930. The molecule has 0 unspecified atom stereocenters. The van der Waals surface area contributed by atoms with Gasteiger partial charge in [0.05, 0.1) is 11.8 Å². The number of hydrogen-bond donors (Lipinski definition) is 2. The zero-order valence-electron chi connectivity index (χ0n) is 6.88.